The van der Waals surface area contributed by atoms with E-state index in [9.17, 15) is 4.79 Å². The predicted octanol–water partition coefficient (Wildman–Crippen LogP) is -1.23. The third-order valence-corrected chi connectivity index (χ3v) is 0.444. The van der Waals surface area contributed by atoms with Crippen molar-refractivity contribution in [1.29, 1.82) is 0 Å². The third-order valence-electron chi connectivity index (χ3n) is 0.444. The first kappa shape index (κ1) is 6.43. The van der Waals surface area contributed by atoms with Gasteiger partial charge in [-0.1, -0.05) is 0 Å². The summed E-state index contributed by atoms with van der Waals surface area (Å²) in [6.07, 6.45) is 0. The highest BCUT2D eigenvalue weighted by atomic mass is 16.1. The highest BCUT2D eigenvalue weighted by Crippen LogP contribution is 1.52. The molecule has 0 aliphatic rings. The van der Waals surface area contributed by atoms with Gasteiger partial charge in [-0.3, -0.25) is 4.79 Å². The van der Waals surface area contributed by atoms with E-state index < -0.39 is 0 Å². The Balaban J connectivity index is 2.82. The first-order valence-electron chi connectivity index (χ1n) is 1.96. The first-order valence-corrected chi connectivity index (χ1v) is 1.96. The van der Waals surface area contributed by atoms with Gasteiger partial charge in [-0.15, -0.1) is 0 Å². The molecule has 0 saturated heterocycles. The molecule has 3 heteroatoms. The van der Waals surface area contributed by atoms with Crippen molar-refractivity contribution in [2.24, 2.45) is 5.73 Å². The lowest BCUT2D eigenvalue weighted by Crippen LogP contribution is -2.28. The van der Waals surface area contributed by atoms with E-state index in [2.05, 4.69) is 5.32 Å². The van der Waals surface area contributed by atoms with Crippen LogP contribution in [0.3, 0.4) is 0 Å². The summed E-state index contributed by atoms with van der Waals surface area (Å²) in [6, 6.07) is 0. The number of hydrogen-bond acceptors (Lipinski definition) is 2. The van der Waals surface area contributed by atoms with Crippen molar-refractivity contribution in [2.75, 3.05) is 13.1 Å². The average molecular weight is 100 g/mol. The summed E-state index contributed by atoms with van der Waals surface area (Å²) in [5.74, 6) is -0.384. The molecular weight excluding hydrogens is 92.1 g/mol. The molecular formula is C4H8N2O. The van der Waals surface area contributed by atoms with Gasteiger partial charge in [0.25, 0.3) is 0 Å². The van der Waals surface area contributed by atoms with Gasteiger partial charge >= 0.3 is 0 Å². The van der Waals surface area contributed by atoms with Crippen molar-refractivity contribution in [3.63, 3.8) is 0 Å². The van der Waals surface area contributed by atoms with Gasteiger partial charge in [0.2, 0.25) is 5.91 Å². The Morgan fingerprint density at radius 1 is 1.86 bits per heavy atom. The van der Waals surface area contributed by atoms with E-state index >= 15 is 0 Å². The number of nitrogens with two attached hydrogens (primary N) is 1. The quantitative estimate of drug-likeness (QED) is 0.466. The summed E-state index contributed by atoms with van der Waals surface area (Å²) in [5, 5.41) is 2.55. The zero-order valence-corrected chi connectivity index (χ0v) is 3.98. The average Bonchev–Trinajstić information content (AvgIpc) is 1.61. The number of primary amides is 1. The highest BCUT2D eigenvalue weighted by molar-refractivity contribution is 5.75. The second kappa shape index (κ2) is 3.61. The van der Waals surface area contributed by atoms with Crippen molar-refractivity contribution in [3.05, 3.63) is 6.92 Å². The number of hydrogen-bond donors (Lipinski definition) is 2. The van der Waals surface area contributed by atoms with Crippen molar-refractivity contribution >= 4 is 5.91 Å². The standard InChI is InChI=1S/C4H8N2O/c1-2-6-3-4(5)7/h1,6H,2-3H2,(H2,5,7). The monoisotopic (exact) mass is 100 g/mol. The van der Waals surface area contributed by atoms with E-state index in [1.165, 1.54) is 0 Å². The lowest BCUT2D eigenvalue weighted by molar-refractivity contribution is -0.117. The Labute approximate surface area is 42.9 Å². The Morgan fingerprint density at radius 2 is 2.43 bits per heavy atom. The summed E-state index contributed by atoms with van der Waals surface area (Å²) in [6.45, 7) is 5.42. The lowest BCUT2D eigenvalue weighted by Gasteiger charge is -1.91. The summed E-state index contributed by atoms with van der Waals surface area (Å²) >= 11 is 0. The molecule has 0 aromatic carbocycles. The Kier molecular flexibility index (Phi) is 3.32. The summed E-state index contributed by atoms with van der Waals surface area (Å²) < 4.78 is 0. The molecule has 0 aliphatic heterocycles. The maximum absolute atomic E-state index is 9.86. The minimum Gasteiger partial charge on any atom is -0.369 e. The molecule has 0 unspecified atom stereocenters. The van der Waals surface area contributed by atoms with Crippen LogP contribution in [0.1, 0.15) is 0 Å². The maximum Gasteiger partial charge on any atom is 0.231 e. The fourth-order valence-corrected chi connectivity index (χ4v) is 0.195. The van der Waals surface area contributed by atoms with E-state index in [1.807, 2.05) is 0 Å². The number of amides is 1. The van der Waals surface area contributed by atoms with Crippen LogP contribution >= 0.6 is 0 Å². The van der Waals surface area contributed by atoms with Gasteiger partial charge in [-0.05, 0) is 13.5 Å². The second-order valence-electron chi connectivity index (χ2n) is 1.10. The smallest absolute Gasteiger partial charge is 0.231 e. The van der Waals surface area contributed by atoms with E-state index in [-0.39, 0.29) is 12.5 Å². The van der Waals surface area contributed by atoms with Crippen LogP contribution in [0.2, 0.25) is 0 Å². The molecule has 0 aromatic heterocycles. The van der Waals surface area contributed by atoms with Gasteiger partial charge < -0.3 is 11.1 Å². The lowest BCUT2D eigenvalue weighted by atomic mass is 10.6. The van der Waals surface area contributed by atoms with Gasteiger partial charge in [-0.2, -0.15) is 0 Å². The second-order valence-corrected chi connectivity index (χ2v) is 1.10. The molecule has 0 heterocycles. The van der Waals surface area contributed by atoms with Gasteiger partial charge in [0.1, 0.15) is 0 Å². The van der Waals surface area contributed by atoms with Gasteiger partial charge in [-0.25, -0.2) is 0 Å². The molecule has 7 heavy (non-hydrogen) atoms. The molecule has 0 atom stereocenters. The Bertz CT molecular complexity index is 62.7. The Morgan fingerprint density at radius 3 is 2.57 bits per heavy atom. The van der Waals surface area contributed by atoms with Gasteiger partial charge in [0.05, 0.1) is 6.54 Å². The van der Waals surface area contributed by atoms with Crippen LogP contribution < -0.4 is 11.1 Å². The fraction of sp³-hybridized carbons (Fsp3) is 0.500. The normalized spacial score (nSPS) is 8.71. The van der Waals surface area contributed by atoms with Gasteiger partial charge in [0, 0.05) is 0 Å². The molecule has 3 nitrogen and oxygen atoms in total. The van der Waals surface area contributed by atoms with E-state index in [4.69, 9.17) is 12.7 Å². The number of nitrogens with one attached hydrogen (secondary N) is 1. The van der Waals surface area contributed by atoms with E-state index in [0.29, 0.717) is 6.54 Å². The van der Waals surface area contributed by atoms with Crippen LogP contribution in [-0.4, -0.2) is 19.0 Å². The molecule has 0 spiro atoms. The molecule has 3 N–H and O–H groups in total. The number of carbonyl (C=O) groups is 1. The SMILES string of the molecule is [CH]CNCC(N)=O. The molecule has 0 saturated carbocycles. The predicted molar refractivity (Wildman–Crippen MR) is 26.4 cm³/mol. The number of carbonyl (C=O) groups excluding carboxylic acids is 1. The molecule has 1 amide bonds. The van der Waals surface area contributed by atoms with Crippen molar-refractivity contribution in [3.8, 4) is 0 Å². The molecule has 0 aliphatic carbocycles. The molecule has 0 rings (SSSR count). The fourth-order valence-electron chi connectivity index (χ4n) is 0.195. The molecule has 2 radical (unpaired) electrons. The first-order chi connectivity index (χ1) is 3.27. The van der Waals surface area contributed by atoms with Crippen molar-refractivity contribution in [2.45, 2.75) is 0 Å². The molecule has 40 valence electrons. The third kappa shape index (κ3) is 5.43. The molecule has 0 aromatic rings. The molecule has 0 bridgehead atoms. The zero-order chi connectivity index (χ0) is 5.70. The van der Waals surface area contributed by atoms with Gasteiger partial charge in [0.15, 0.2) is 0 Å². The molecule has 0 fully saturated rings. The maximum atomic E-state index is 9.86. The number of rotatable bonds is 3. The van der Waals surface area contributed by atoms with Crippen molar-refractivity contribution in [1.82, 2.24) is 5.32 Å². The van der Waals surface area contributed by atoms with E-state index in [0.717, 1.165) is 0 Å². The van der Waals surface area contributed by atoms with E-state index in [1.54, 1.807) is 0 Å². The van der Waals surface area contributed by atoms with Crippen LogP contribution in [0.25, 0.3) is 0 Å². The summed E-state index contributed by atoms with van der Waals surface area (Å²) in [5.41, 5.74) is 4.72. The minimum absolute atomic E-state index is 0.163. The Hall–Kier alpha value is -0.570. The highest BCUT2D eigenvalue weighted by Gasteiger charge is 1.86. The van der Waals surface area contributed by atoms with Crippen LogP contribution in [-0.2, 0) is 4.79 Å². The van der Waals surface area contributed by atoms with Crippen LogP contribution in [0.15, 0.2) is 0 Å². The van der Waals surface area contributed by atoms with Crippen molar-refractivity contribution < 1.29 is 4.79 Å². The van der Waals surface area contributed by atoms with Crippen LogP contribution in [0, 0.1) is 6.92 Å². The minimum atomic E-state index is -0.384. The largest absolute Gasteiger partial charge is 0.369 e. The summed E-state index contributed by atoms with van der Waals surface area (Å²) in [7, 11) is 0. The zero-order valence-electron chi connectivity index (χ0n) is 3.98. The topological polar surface area (TPSA) is 55.1 Å². The van der Waals surface area contributed by atoms with Crippen LogP contribution in [0.5, 0.6) is 0 Å². The summed E-state index contributed by atoms with van der Waals surface area (Å²) in [4.78, 5) is 9.86. The van der Waals surface area contributed by atoms with Crippen LogP contribution in [0.4, 0.5) is 0 Å².